The summed E-state index contributed by atoms with van der Waals surface area (Å²) in [4.78, 5) is 2.41. The molecule has 1 heterocycles. The van der Waals surface area contributed by atoms with Gasteiger partial charge in [0.15, 0.2) is 5.11 Å². The zero-order valence-corrected chi connectivity index (χ0v) is 11.0. The molecule has 0 radical (unpaired) electrons. The molecule has 0 bridgehead atoms. The van der Waals surface area contributed by atoms with E-state index in [1.165, 1.54) is 18.5 Å². The third-order valence-corrected chi connectivity index (χ3v) is 3.18. The Bertz CT molecular complexity index is 386. The van der Waals surface area contributed by atoms with Crippen LogP contribution in [0, 0.1) is 0 Å². The maximum Gasteiger partial charge on any atom is 0.170 e. The Hall–Kier alpha value is -1.29. The molecule has 92 valence electrons. The van der Waals surface area contributed by atoms with Crippen LogP contribution in [0.1, 0.15) is 19.8 Å². The van der Waals surface area contributed by atoms with Crippen LogP contribution in [0.15, 0.2) is 24.3 Å². The summed E-state index contributed by atoms with van der Waals surface area (Å²) in [6.45, 7) is 5.18. The minimum Gasteiger partial charge on any atom is -0.370 e. The summed E-state index contributed by atoms with van der Waals surface area (Å²) in [5.74, 6) is 0. The molecule has 0 aliphatic carbocycles. The van der Waals surface area contributed by atoms with Crippen molar-refractivity contribution in [1.29, 1.82) is 0 Å². The first-order valence-corrected chi connectivity index (χ1v) is 6.61. The van der Waals surface area contributed by atoms with Crippen LogP contribution in [0.25, 0.3) is 0 Å². The number of benzene rings is 1. The quantitative estimate of drug-likeness (QED) is 0.805. The molecule has 2 rings (SSSR count). The summed E-state index contributed by atoms with van der Waals surface area (Å²) in [6, 6.07) is 8.35. The van der Waals surface area contributed by atoms with Gasteiger partial charge in [-0.3, -0.25) is 0 Å². The number of thiocarbonyl (C=S) groups is 1. The van der Waals surface area contributed by atoms with Gasteiger partial charge in [0.2, 0.25) is 0 Å². The molecular weight excluding hydrogens is 230 g/mol. The molecular formula is C13H19N3S. The Morgan fingerprint density at radius 3 is 2.71 bits per heavy atom. The van der Waals surface area contributed by atoms with Crippen LogP contribution >= 0.6 is 12.2 Å². The van der Waals surface area contributed by atoms with Gasteiger partial charge in [-0.2, -0.15) is 0 Å². The summed E-state index contributed by atoms with van der Waals surface area (Å²) >= 11 is 5.23. The minimum absolute atomic E-state index is 0.694. The fraction of sp³-hybridized carbons (Fsp3) is 0.462. The fourth-order valence-corrected chi connectivity index (χ4v) is 2.39. The first kappa shape index (κ1) is 12.2. The number of nitrogens with zero attached hydrogens (tertiary/aromatic N) is 1. The molecule has 0 spiro atoms. The Balaban J connectivity index is 2.12. The predicted molar refractivity (Wildman–Crippen MR) is 77.8 cm³/mol. The Kier molecular flexibility index (Phi) is 4.20. The van der Waals surface area contributed by atoms with Crippen molar-refractivity contribution in [2.24, 2.45) is 0 Å². The number of nitrogens with one attached hydrogen (secondary N) is 2. The van der Waals surface area contributed by atoms with Gasteiger partial charge in [0.1, 0.15) is 0 Å². The topological polar surface area (TPSA) is 27.3 Å². The van der Waals surface area contributed by atoms with E-state index in [2.05, 4.69) is 33.7 Å². The third-order valence-electron chi connectivity index (χ3n) is 2.94. The van der Waals surface area contributed by atoms with Crippen LogP contribution in [-0.4, -0.2) is 24.7 Å². The van der Waals surface area contributed by atoms with Crippen LogP contribution in [0.4, 0.5) is 11.4 Å². The molecule has 1 aromatic rings. The number of hydrogen-bond acceptors (Lipinski definition) is 2. The van der Waals surface area contributed by atoms with Crippen LogP contribution in [0.5, 0.6) is 0 Å². The van der Waals surface area contributed by atoms with Gasteiger partial charge < -0.3 is 15.5 Å². The van der Waals surface area contributed by atoms with Crippen LogP contribution < -0.4 is 15.5 Å². The molecule has 0 unspecified atom stereocenters. The lowest BCUT2D eigenvalue weighted by molar-refractivity contribution is 0.949. The second kappa shape index (κ2) is 5.87. The highest BCUT2D eigenvalue weighted by Gasteiger charge is 2.15. The molecule has 0 amide bonds. The molecule has 17 heavy (non-hydrogen) atoms. The van der Waals surface area contributed by atoms with Crippen molar-refractivity contribution in [2.45, 2.75) is 19.8 Å². The van der Waals surface area contributed by atoms with E-state index in [4.69, 9.17) is 12.2 Å². The lowest BCUT2D eigenvalue weighted by atomic mass is 10.2. The first-order valence-electron chi connectivity index (χ1n) is 6.20. The lowest BCUT2D eigenvalue weighted by Crippen LogP contribution is -2.29. The summed E-state index contributed by atoms with van der Waals surface area (Å²) in [7, 11) is 0. The maximum atomic E-state index is 5.23. The third kappa shape index (κ3) is 3.09. The van der Waals surface area contributed by atoms with Crippen molar-refractivity contribution in [3.05, 3.63) is 24.3 Å². The van der Waals surface area contributed by atoms with E-state index in [0.717, 1.165) is 25.3 Å². The molecule has 0 atom stereocenters. The van der Waals surface area contributed by atoms with E-state index in [1.807, 2.05) is 13.0 Å². The highest BCUT2D eigenvalue weighted by Crippen LogP contribution is 2.28. The number of rotatable bonds is 3. The Morgan fingerprint density at radius 2 is 2.00 bits per heavy atom. The van der Waals surface area contributed by atoms with Gasteiger partial charge in [-0.15, -0.1) is 0 Å². The van der Waals surface area contributed by atoms with Gasteiger partial charge >= 0.3 is 0 Å². The number of hydrogen-bond donors (Lipinski definition) is 2. The lowest BCUT2D eigenvalue weighted by Gasteiger charge is -2.22. The van der Waals surface area contributed by atoms with Gasteiger partial charge in [-0.05, 0) is 44.1 Å². The zero-order valence-electron chi connectivity index (χ0n) is 10.2. The zero-order chi connectivity index (χ0) is 12.1. The molecule has 1 fully saturated rings. The molecule has 2 N–H and O–H groups in total. The molecule has 1 aliphatic heterocycles. The molecule has 0 saturated carbocycles. The van der Waals surface area contributed by atoms with E-state index in [1.54, 1.807) is 0 Å². The average Bonchev–Trinajstić information content (AvgIpc) is 2.83. The Labute approximate surface area is 108 Å². The van der Waals surface area contributed by atoms with Crippen molar-refractivity contribution in [2.75, 3.05) is 29.9 Å². The molecule has 3 nitrogen and oxygen atoms in total. The predicted octanol–water partition coefficient (Wildman–Crippen LogP) is 2.59. The molecule has 1 aliphatic rings. The fourth-order valence-electron chi connectivity index (χ4n) is 2.14. The van der Waals surface area contributed by atoms with E-state index >= 15 is 0 Å². The van der Waals surface area contributed by atoms with Crippen molar-refractivity contribution in [3.8, 4) is 0 Å². The molecule has 1 saturated heterocycles. The van der Waals surface area contributed by atoms with E-state index in [-0.39, 0.29) is 0 Å². The highest BCUT2D eigenvalue weighted by atomic mass is 32.1. The van der Waals surface area contributed by atoms with Crippen molar-refractivity contribution in [1.82, 2.24) is 5.32 Å². The second-order valence-electron chi connectivity index (χ2n) is 4.20. The van der Waals surface area contributed by atoms with Crippen molar-refractivity contribution < 1.29 is 0 Å². The smallest absolute Gasteiger partial charge is 0.170 e. The minimum atomic E-state index is 0.694. The van der Waals surface area contributed by atoms with Gasteiger partial charge in [-0.1, -0.05) is 12.1 Å². The van der Waals surface area contributed by atoms with Gasteiger partial charge in [0, 0.05) is 19.6 Å². The first-order chi connectivity index (χ1) is 8.31. The van der Waals surface area contributed by atoms with Crippen LogP contribution in [-0.2, 0) is 0 Å². The highest BCUT2D eigenvalue weighted by molar-refractivity contribution is 7.80. The summed E-state index contributed by atoms with van der Waals surface area (Å²) in [5, 5.41) is 7.07. The number of anilines is 2. The van der Waals surface area contributed by atoms with Crippen molar-refractivity contribution in [3.63, 3.8) is 0 Å². The summed E-state index contributed by atoms with van der Waals surface area (Å²) in [5.41, 5.74) is 2.35. The van der Waals surface area contributed by atoms with Crippen LogP contribution in [0.3, 0.4) is 0 Å². The summed E-state index contributed by atoms with van der Waals surface area (Å²) in [6.07, 6.45) is 2.57. The largest absolute Gasteiger partial charge is 0.370 e. The van der Waals surface area contributed by atoms with Crippen LogP contribution in [0.2, 0.25) is 0 Å². The second-order valence-corrected chi connectivity index (χ2v) is 4.60. The Morgan fingerprint density at radius 1 is 1.29 bits per heavy atom. The molecule has 4 heteroatoms. The summed E-state index contributed by atoms with van der Waals surface area (Å²) < 4.78 is 0. The average molecular weight is 249 g/mol. The van der Waals surface area contributed by atoms with Gasteiger partial charge in [0.25, 0.3) is 0 Å². The number of para-hydroxylation sites is 2. The van der Waals surface area contributed by atoms with E-state index in [0.29, 0.717) is 5.11 Å². The van der Waals surface area contributed by atoms with Gasteiger partial charge in [0.05, 0.1) is 11.4 Å². The monoisotopic (exact) mass is 249 g/mol. The van der Waals surface area contributed by atoms with E-state index in [9.17, 15) is 0 Å². The standard InChI is InChI=1S/C13H19N3S/c1-2-14-13(17)15-11-7-3-4-8-12(11)16-9-5-6-10-16/h3-4,7-8H,2,5-6,9-10H2,1H3,(H2,14,15,17). The van der Waals surface area contributed by atoms with Crippen molar-refractivity contribution >= 4 is 28.7 Å². The normalized spacial score (nSPS) is 14.8. The molecule has 1 aromatic carbocycles. The van der Waals surface area contributed by atoms with Gasteiger partial charge in [-0.25, -0.2) is 0 Å². The SMILES string of the molecule is CCNC(=S)Nc1ccccc1N1CCCC1. The molecule has 0 aromatic heterocycles. The maximum absolute atomic E-state index is 5.23. The van der Waals surface area contributed by atoms with E-state index < -0.39 is 0 Å².